The molecule has 5 nitrogen and oxygen atoms in total. The average molecular weight is 427 g/mol. The Hall–Kier alpha value is -3.86. The van der Waals surface area contributed by atoms with Crippen LogP contribution in [0.4, 0.5) is 11.4 Å². The molecule has 0 aliphatic carbocycles. The number of carbonyl (C=O) groups excluding carboxylic acids is 2. The first-order valence-electron chi connectivity index (χ1n) is 10.6. The van der Waals surface area contributed by atoms with Crippen molar-refractivity contribution in [1.82, 2.24) is 0 Å². The van der Waals surface area contributed by atoms with Crippen LogP contribution in [0.1, 0.15) is 43.8 Å². The normalized spacial score (nSPS) is 13.0. The Kier molecular flexibility index (Phi) is 6.08. The molecular weight excluding hydrogens is 400 g/mol. The molecule has 0 radical (unpaired) electrons. The molecule has 3 aromatic carbocycles. The number of rotatable bonds is 4. The number of nitrogens with zero attached hydrogens (tertiary/aromatic N) is 1. The van der Waals surface area contributed by atoms with Gasteiger partial charge in [-0.2, -0.15) is 0 Å². The molecule has 32 heavy (non-hydrogen) atoms. The first kappa shape index (κ1) is 21.4. The highest BCUT2D eigenvalue weighted by molar-refractivity contribution is 6.09. The summed E-state index contributed by atoms with van der Waals surface area (Å²) in [7, 11) is 1.65. The van der Waals surface area contributed by atoms with Crippen LogP contribution in [0.25, 0.3) is 5.76 Å². The molecule has 1 aliphatic heterocycles. The third-order valence-corrected chi connectivity index (χ3v) is 5.71. The van der Waals surface area contributed by atoms with Crippen molar-refractivity contribution in [3.8, 4) is 0 Å². The van der Waals surface area contributed by atoms with Crippen molar-refractivity contribution in [2.45, 2.75) is 20.3 Å². The molecule has 1 aliphatic rings. The number of para-hydroxylation sites is 1. The predicted octanol–water partition coefficient (Wildman–Crippen LogP) is 5.59. The molecule has 4 rings (SSSR count). The highest BCUT2D eigenvalue weighted by Crippen LogP contribution is 2.32. The van der Waals surface area contributed by atoms with Gasteiger partial charge in [0, 0.05) is 28.9 Å². The van der Waals surface area contributed by atoms with Crippen molar-refractivity contribution in [2.75, 3.05) is 23.9 Å². The largest absolute Gasteiger partial charge is 0.496 e. The molecule has 0 bridgehead atoms. The quantitative estimate of drug-likeness (QED) is 0.591. The fourth-order valence-electron chi connectivity index (χ4n) is 4.03. The van der Waals surface area contributed by atoms with E-state index in [0.717, 1.165) is 28.1 Å². The van der Waals surface area contributed by atoms with Crippen LogP contribution in [0, 0.1) is 13.8 Å². The van der Waals surface area contributed by atoms with Crippen LogP contribution in [-0.2, 0) is 4.74 Å². The maximum Gasteiger partial charge on any atom is 0.258 e. The Balaban J connectivity index is 1.59. The summed E-state index contributed by atoms with van der Waals surface area (Å²) in [6.45, 7) is 4.36. The Labute approximate surface area is 188 Å². The lowest BCUT2D eigenvalue weighted by Crippen LogP contribution is -2.32. The summed E-state index contributed by atoms with van der Waals surface area (Å²) < 4.78 is 5.54. The Morgan fingerprint density at radius 1 is 0.906 bits per heavy atom. The lowest BCUT2D eigenvalue weighted by atomic mass is 10.0. The van der Waals surface area contributed by atoms with Gasteiger partial charge in [-0.05, 0) is 73.9 Å². The van der Waals surface area contributed by atoms with Crippen LogP contribution in [-0.4, -0.2) is 25.5 Å². The van der Waals surface area contributed by atoms with E-state index in [-0.39, 0.29) is 11.8 Å². The van der Waals surface area contributed by atoms with E-state index in [1.165, 1.54) is 0 Å². The van der Waals surface area contributed by atoms with Gasteiger partial charge in [-0.3, -0.25) is 9.59 Å². The van der Waals surface area contributed by atoms with Crippen molar-refractivity contribution in [2.24, 2.45) is 0 Å². The molecular formula is C27H26N2O3. The number of amides is 2. The van der Waals surface area contributed by atoms with E-state index >= 15 is 0 Å². The number of fused-ring (bicyclic) bond motifs is 1. The van der Waals surface area contributed by atoms with Crippen molar-refractivity contribution >= 4 is 28.9 Å². The maximum absolute atomic E-state index is 13.5. The summed E-state index contributed by atoms with van der Waals surface area (Å²) in [5.74, 6) is 0.542. The predicted molar refractivity (Wildman–Crippen MR) is 128 cm³/mol. The van der Waals surface area contributed by atoms with Gasteiger partial charge in [0.2, 0.25) is 0 Å². The van der Waals surface area contributed by atoms with Gasteiger partial charge in [0.1, 0.15) is 5.76 Å². The number of hydrogen-bond donors (Lipinski definition) is 1. The molecule has 0 aromatic heterocycles. The Morgan fingerprint density at radius 2 is 1.66 bits per heavy atom. The summed E-state index contributed by atoms with van der Waals surface area (Å²) >= 11 is 0. The summed E-state index contributed by atoms with van der Waals surface area (Å²) in [5, 5.41) is 2.94. The lowest BCUT2D eigenvalue weighted by Gasteiger charge is -2.24. The summed E-state index contributed by atoms with van der Waals surface area (Å²) in [6.07, 6.45) is 2.72. The molecule has 162 valence electrons. The molecule has 5 heteroatoms. The highest BCUT2D eigenvalue weighted by atomic mass is 16.5. The molecule has 0 atom stereocenters. The zero-order valence-electron chi connectivity index (χ0n) is 18.5. The van der Waals surface area contributed by atoms with E-state index in [1.54, 1.807) is 30.2 Å². The topological polar surface area (TPSA) is 58.6 Å². The molecule has 0 spiro atoms. The van der Waals surface area contributed by atoms with Crippen molar-refractivity contribution in [3.05, 3.63) is 101 Å². The van der Waals surface area contributed by atoms with Crippen LogP contribution in [0.3, 0.4) is 0 Å². The SMILES string of the molecule is COC1=CCCN(C(=O)c2ccc(NC(=O)c3ccccc3C)cc2C)c2ccccc21. The molecule has 0 saturated heterocycles. The van der Waals surface area contributed by atoms with Crippen LogP contribution in [0.2, 0.25) is 0 Å². The average Bonchev–Trinajstić information content (AvgIpc) is 2.98. The number of hydrogen-bond acceptors (Lipinski definition) is 3. The number of anilines is 2. The lowest BCUT2D eigenvalue weighted by molar-refractivity contribution is 0.0985. The van der Waals surface area contributed by atoms with Gasteiger partial charge in [-0.15, -0.1) is 0 Å². The monoisotopic (exact) mass is 426 g/mol. The zero-order chi connectivity index (χ0) is 22.7. The fraction of sp³-hybridized carbons (Fsp3) is 0.185. The van der Waals surface area contributed by atoms with Crippen molar-refractivity contribution in [3.63, 3.8) is 0 Å². The van der Waals surface area contributed by atoms with Gasteiger partial charge in [-0.1, -0.05) is 30.3 Å². The second kappa shape index (κ2) is 9.10. The first-order chi connectivity index (χ1) is 15.5. The number of carbonyl (C=O) groups is 2. The third kappa shape index (κ3) is 4.14. The number of methoxy groups -OCH3 is 1. The minimum absolute atomic E-state index is 0.0718. The number of nitrogens with one attached hydrogen (secondary N) is 1. The van der Waals surface area contributed by atoms with E-state index in [0.29, 0.717) is 29.8 Å². The molecule has 1 N–H and O–H groups in total. The van der Waals surface area contributed by atoms with Crippen LogP contribution < -0.4 is 10.2 Å². The molecule has 0 saturated carbocycles. The van der Waals surface area contributed by atoms with E-state index in [4.69, 9.17) is 4.74 Å². The van der Waals surface area contributed by atoms with Crippen LogP contribution in [0.5, 0.6) is 0 Å². The standard InChI is InChI=1S/C27H26N2O3/c1-18-9-4-5-10-21(18)26(30)28-20-14-15-22(19(2)17-20)27(31)29-16-8-13-25(32-3)23-11-6-7-12-24(23)29/h4-7,9-15,17H,8,16H2,1-3H3,(H,28,30). The van der Waals surface area contributed by atoms with Gasteiger partial charge in [-0.25, -0.2) is 0 Å². The smallest absolute Gasteiger partial charge is 0.258 e. The van der Waals surface area contributed by atoms with Crippen molar-refractivity contribution < 1.29 is 14.3 Å². The summed E-state index contributed by atoms with van der Waals surface area (Å²) in [5.41, 5.74) is 5.35. The van der Waals surface area contributed by atoms with E-state index < -0.39 is 0 Å². The van der Waals surface area contributed by atoms with Crippen LogP contribution in [0.15, 0.2) is 72.8 Å². The van der Waals surface area contributed by atoms with Crippen molar-refractivity contribution in [1.29, 1.82) is 0 Å². The zero-order valence-corrected chi connectivity index (χ0v) is 18.5. The Bertz CT molecular complexity index is 1210. The minimum Gasteiger partial charge on any atom is -0.496 e. The van der Waals surface area contributed by atoms with Crippen LogP contribution >= 0.6 is 0 Å². The fourth-order valence-corrected chi connectivity index (χ4v) is 4.03. The summed E-state index contributed by atoms with van der Waals surface area (Å²) in [4.78, 5) is 27.9. The van der Waals surface area contributed by atoms with E-state index in [1.807, 2.05) is 68.5 Å². The molecule has 3 aromatic rings. The van der Waals surface area contributed by atoms with E-state index in [2.05, 4.69) is 5.32 Å². The summed E-state index contributed by atoms with van der Waals surface area (Å²) in [6, 6.07) is 20.6. The third-order valence-electron chi connectivity index (χ3n) is 5.71. The van der Waals surface area contributed by atoms with E-state index in [9.17, 15) is 9.59 Å². The minimum atomic E-state index is -0.166. The highest BCUT2D eigenvalue weighted by Gasteiger charge is 2.25. The van der Waals surface area contributed by atoms with Gasteiger partial charge < -0.3 is 15.0 Å². The second-order valence-electron chi connectivity index (χ2n) is 7.83. The number of ether oxygens (including phenoxy) is 1. The number of aryl methyl sites for hydroxylation is 2. The Morgan fingerprint density at radius 3 is 2.41 bits per heavy atom. The molecule has 0 unspecified atom stereocenters. The maximum atomic E-state index is 13.5. The van der Waals surface area contributed by atoms with Gasteiger partial charge in [0.05, 0.1) is 12.8 Å². The molecule has 2 amide bonds. The molecule has 1 heterocycles. The second-order valence-corrected chi connectivity index (χ2v) is 7.83. The van der Waals surface area contributed by atoms with Gasteiger partial charge >= 0.3 is 0 Å². The van der Waals surface area contributed by atoms with Gasteiger partial charge in [0.25, 0.3) is 11.8 Å². The molecule has 0 fully saturated rings. The van der Waals surface area contributed by atoms with Gasteiger partial charge in [0.15, 0.2) is 0 Å². The first-order valence-corrected chi connectivity index (χ1v) is 10.6. The number of benzene rings is 3.